The van der Waals surface area contributed by atoms with Crippen molar-refractivity contribution in [3.63, 3.8) is 0 Å². The van der Waals surface area contributed by atoms with E-state index in [0.717, 1.165) is 13.0 Å². The Hall–Kier alpha value is -1.96. The molecule has 1 fully saturated rings. The molecule has 2 aliphatic rings. The number of carbonyl (C=O) groups is 2. The van der Waals surface area contributed by atoms with Gasteiger partial charge in [-0.05, 0) is 44.5 Å². The summed E-state index contributed by atoms with van der Waals surface area (Å²) in [6.45, 7) is 2.07. The Morgan fingerprint density at radius 2 is 2.00 bits per heavy atom. The fraction of sp³-hybridized carbons (Fsp3) is 0.619. The highest BCUT2D eigenvalue weighted by Crippen LogP contribution is 2.43. The lowest BCUT2D eigenvalue weighted by atomic mass is 9.78. The van der Waals surface area contributed by atoms with Crippen LogP contribution < -0.4 is 5.32 Å². The smallest absolute Gasteiger partial charge is 0.248 e. The fourth-order valence-electron chi connectivity index (χ4n) is 4.23. The number of nitrogens with one attached hydrogen (secondary N) is 1. The average molecular weight is 389 g/mol. The quantitative estimate of drug-likeness (QED) is 0.741. The van der Waals surface area contributed by atoms with Crippen molar-refractivity contribution in [1.82, 2.24) is 15.1 Å². The highest BCUT2D eigenvalue weighted by atomic mass is 16.5. The third-order valence-electron chi connectivity index (χ3n) is 5.70. The van der Waals surface area contributed by atoms with Crippen molar-refractivity contribution >= 4 is 11.8 Å². The molecular weight excluding hydrogens is 358 g/mol. The summed E-state index contributed by atoms with van der Waals surface area (Å²) in [7, 11) is 3.95. The normalized spacial score (nSPS) is 20.9. The molecule has 0 bridgehead atoms. The van der Waals surface area contributed by atoms with Crippen LogP contribution in [0.15, 0.2) is 24.3 Å². The second-order valence-corrected chi connectivity index (χ2v) is 7.99. The van der Waals surface area contributed by atoms with Crippen molar-refractivity contribution in [3.8, 4) is 0 Å². The van der Waals surface area contributed by atoms with Crippen molar-refractivity contribution in [2.45, 2.75) is 37.4 Å². The molecule has 2 N–H and O–H groups in total. The van der Waals surface area contributed by atoms with Crippen LogP contribution in [0.1, 0.15) is 30.4 Å². The van der Waals surface area contributed by atoms with E-state index in [1.54, 1.807) is 4.90 Å². The van der Waals surface area contributed by atoms with Crippen LogP contribution in [-0.2, 0) is 26.3 Å². The Labute approximate surface area is 166 Å². The van der Waals surface area contributed by atoms with Crippen LogP contribution >= 0.6 is 0 Å². The van der Waals surface area contributed by atoms with Crippen molar-refractivity contribution in [1.29, 1.82) is 0 Å². The minimum atomic E-state index is -0.463. The van der Waals surface area contributed by atoms with E-state index in [1.165, 1.54) is 11.1 Å². The van der Waals surface area contributed by atoms with E-state index in [9.17, 15) is 9.59 Å². The van der Waals surface area contributed by atoms with Crippen LogP contribution in [0.2, 0.25) is 0 Å². The number of benzene rings is 1. The molecule has 7 nitrogen and oxygen atoms in total. The number of aliphatic hydroxyl groups excluding tert-OH is 1. The molecule has 2 amide bonds. The molecule has 28 heavy (non-hydrogen) atoms. The van der Waals surface area contributed by atoms with E-state index in [0.29, 0.717) is 38.9 Å². The van der Waals surface area contributed by atoms with Crippen molar-refractivity contribution in [2.24, 2.45) is 0 Å². The lowest BCUT2D eigenvalue weighted by Gasteiger charge is -2.47. The zero-order valence-corrected chi connectivity index (χ0v) is 16.8. The molecule has 0 aromatic heterocycles. The van der Waals surface area contributed by atoms with Gasteiger partial charge >= 0.3 is 0 Å². The first-order valence-corrected chi connectivity index (χ1v) is 10.00. The molecule has 3 rings (SSSR count). The number of ether oxygens (including phenoxy) is 1. The Morgan fingerprint density at radius 3 is 2.68 bits per heavy atom. The van der Waals surface area contributed by atoms with Gasteiger partial charge in [-0.1, -0.05) is 24.3 Å². The molecule has 154 valence electrons. The first kappa shape index (κ1) is 20.8. The number of nitrogens with zero attached hydrogens (tertiary/aromatic N) is 2. The molecule has 1 aromatic carbocycles. The van der Waals surface area contributed by atoms with Crippen LogP contribution in [0.25, 0.3) is 0 Å². The standard InChI is InChI=1S/C21H31N3O4/c1-23(2)12-9-22-19(26)14-17-13-16-5-3-4-6-18(16)21(28-17)7-10-24(11-8-21)20(27)15-25/h3-6,17,25H,7-15H2,1-2H3,(H,22,26). The summed E-state index contributed by atoms with van der Waals surface area (Å²) in [5.41, 5.74) is 1.94. The number of likely N-dealkylation sites (tertiary alicyclic amines) is 1. The lowest BCUT2D eigenvalue weighted by molar-refractivity contribution is -0.158. The van der Waals surface area contributed by atoms with Gasteiger partial charge in [0.2, 0.25) is 11.8 Å². The highest BCUT2D eigenvalue weighted by Gasteiger charge is 2.44. The SMILES string of the molecule is CN(C)CCNC(=O)CC1Cc2ccccc2C2(CCN(C(=O)CO)CC2)O1. The van der Waals surface area contributed by atoms with Gasteiger partial charge in [0, 0.05) is 26.2 Å². The monoisotopic (exact) mass is 389 g/mol. The van der Waals surface area contributed by atoms with Crippen LogP contribution in [0.5, 0.6) is 0 Å². The van der Waals surface area contributed by atoms with Gasteiger partial charge in [-0.15, -0.1) is 0 Å². The number of aliphatic hydroxyl groups is 1. The van der Waals surface area contributed by atoms with E-state index in [-0.39, 0.29) is 17.9 Å². The minimum absolute atomic E-state index is 0.00859. The van der Waals surface area contributed by atoms with E-state index in [2.05, 4.69) is 17.4 Å². The number of piperidine rings is 1. The van der Waals surface area contributed by atoms with Crippen LogP contribution in [0.4, 0.5) is 0 Å². The molecule has 2 heterocycles. The number of amides is 2. The highest BCUT2D eigenvalue weighted by molar-refractivity contribution is 5.77. The molecule has 1 spiro atoms. The topological polar surface area (TPSA) is 82.1 Å². The molecule has 1 unspecified atom stereocenters. The van der Waals surface area contributed by atoms with Crippen LogP contribution in [-0.4, -0.2) is 79.7 Å². The molecular formula is C21H31N3O4. The summed E-state index contributed by atoms with van der Waals surface area (Å²) in [5.74, 6) is -0.231. The number of carbonyl (C=O) groups excluding carboxylic acids is 2. The molecule has 1 atom stereocenters. The van der Waals surface area contributed by atoms with Gasteiger partial charge < -0.3 is 25.0 Å². The zero-order valence-electron chi connectivity index (χ0n) is 16.8. The molecule has 7 heteroatoms. The van der Waals surface area contributed by atoms with Gasteiger partial charge in [0.25, 0.3) is 0 Å². The summed E-state index contributed by atoms with van der Waals surface area (Å²) in [5, 5.41) is 12.1. The lowest BCUT2D eigenvalue weighted by Crippen LogP contribution is -2.51. The number of rotatable bonds is 6. The predicted octanol–water partition coefficient (Wildman–Crippen LogP) is 0.506. The maximum absolute atomic E-state index is 12.4. The third-order valence-corrected chi connectivity index (χ3v) is 5.70. The number of fused-ring (bicyclic) bond motifs is 2. The molecule has 0 aliphatic carbocycles. The molecule has 2 aliphatic heterocycles. The van der Waals surface area contributed by atoms with Gasteiger partial charge in [-0.3, -0.25) is 9.59 Å². The van der Waals surface area contributed by atoms with Crippen molar-refractivity contribution in [3.05, 3.63) is 35.4 Å². The Balaban J connectivity index is 1.69. The summed E-state index contributed by atoms with van der Waals surface area (Å²) in [6.07, 6.45) is 2.23. The largest absolute Gasteiger partial charge is 0.387 e. The van der Waals surface area contributed by atoms with Gasteiger partial charge in [-0.2, -0.15) is 0 Å². The molecule has 1 saturated heterocycles. The second-order valence-electron chi connectivity index (χ2n) is 7.99. The van der Waals surface area contributed by atoms with Gasteiger partial charge in [-0.25, -0.2) is 0 Å². The first-order valence-electron chi connectivity index (χ1n) is 10.00. The Morgan fingerprint density at radius 1 is 1.29 bits per heavy atom. The number of hydrogen-bond acceptors (Lipinski definition) is 5. The second kappa shape index (κ2) is 9.03. The van der Waals surface area contributed by atoms with Crippen LogP contribution in [0.3, 0.4) is 0 Å². The predicted molar refractivity (Wildman–Crippen MR) is 106 cm³/mol. The fourth-order valence-corrected chi connectivity index (χ4v) is 4.23. The van der Waals surface area contributed by atoms with Gasteiger partial charge in [0.15, 0.2) is 0 Å². The number of hydrogen-bond donors (Lipinski definition) is 2. The molecule has 0 saturated carbocycles. The van der Waals surface area contributed by atoms with Gasteiger partial charge in [0.05, 0.1) is 18.1 Å². The zero-order chi connectivity index (χ0) is 20.1. The van der Waals surface area contributed by atoms with E-state index in [4.69, 9.17) is 9.84 Å². The van der Waals surface area contributed by atoms with Crippen LogP contribution in [0, 0.1) is 0 Å². The Kier molecular flexibility index (Phi) is 6.69. The van der Waals surface area contributed by atoms with Crippen molar-refractivity contribution < 1.29 is 19.4 Å². The summed E-state index contributed by atoms with van der Waals surface area (Å²) in [6, 6.07) is 8.26. The third kappa shape index (κ3) is 4.71. The van der Waals surface area contributed by atoms with E-state index < -0.39 is 12.2 Å². The first-order chi connectivity index (χ1) is 13.4. The number of likely N-dealkylation sites (N-methyl/N-ethyl adjacent to an activating group) is 1. The van der Waals surface area contributed by atoms with E-state index in [1.807, 2.05) is 31.1 Å². The summed E-state index contributed by atoms with van der Waals surface area (Å²) in [4.78, 5) is 27.9. The molecule has 1 aromatic rings. The summed E-state index contributed by atoms with van der Waals surface area (Å²) >= 11 is 0. The average Bonchev–Trinajstić information content (AvgIpc) is 2.68. The van der Waals surface area contributed by atoms with Gasteiger partial charge in [0.1, 0.15) is 6.61 Å². The van der Waals surface area contributed by atoms with E-state index >= 15 is 0 Å². The molecule has 0 radical (unpaired) electrons. The maximum atomic E-state index is 12.4. The summed E-state index contributed by atoms with van der Waals surface area (Å²) < 4.78 is 6.53. The Bertz CT molecular complexity index is 699. The maximum Gasteiger partial charge on any atom is 0.248 e. The minimum Gasteiger partial charge on any atom is -0.387 e. The van der Waals surface area contributed by atoms with Crippen molar-refractivity contribution in [2.75, 3.05) is 46.9 Å².